The molecule has 3 aromatic rings. The van der Waals surface area contributed by atoms with E-state index in [2.05, 4.69) is 20.0 Å². The minimum atomic E-state index is -0.534. The van der Waals surface area contributed by atoms with Gasteiger partial charge in [0.2, 0.25) is 5.76 Å². The molecule has 0 fully saturated rings. The normalized spacial score (nSPS) is 10.9. The first-order valence-electron chi connectivity index (χ1n) is 8.15. The van der Waals surface area contributed by atoms with Crippen LogP contribution in [0.4, 0.5) is 0 Å². The summed E-state index contributed by atoms with van der Waals surface area (Å²) >= 11 is 0. The van der Waals surface area contributed by atoms with E-state index < -0.39 is 5.97 Å². The largest absolute Gasteiger partial charge is 0.490 e. The maximum Gasteiger partial charge on any atom is 0.373 e. The van der Waals surface area contributed by atoms with E-state index in [9.17, 15) is 4.79 Å². The number of nitrogens with zero attached hydrogens (tertiary/aromatic N) is 4. The molecule has 27 heavy (non-hydrogen) atoms. The first-order valence-corrected chi connectivity index (χ1v) is 8.15. The molecule has 1 aromatic carbocycles. The first kappa shape index (κ1) is 18.2. The molecule has 0 aliphatic rings. The smallest absolute Gasteiger partial charge is 0.373 e. The Hall–Kier alpha value is -3.62. The van der Waals surface area contributed by atoms with Gasteiger partial charge < -0.3 is 18.6 Å². The van der Waals surface area contributed by atoms with E-state index in [1.54, 1.807) is 24.4 Å². The highest BCUT2D eigenvalue weighted by molar-refractivity contribution is 5.86. The Kier molecular flexibility index (Phi) is 5.83. The lowest BCUT2D eigenvalue weighted by molar-refractivity contribution is 0.0561. The van der Waals surface area contributed by atoms with Crippen LogP contribution in [0.1, 0.15) is 28.8 Å². The Bertz CT molecular complexity index is 918. The molecule has 2 heterocycles. The van der Waals surface area contributed by atoms with Crippen molar-refractivity contribution < 1.29 is 23.4 Å². The van der Waals surface area contributed by atoms with Crippen molar-refractivity contribution in [2.45, 2.75) is 13.5 Å². The molecule has 140 valence electrons. The lowest BCUT2D eigenvalue weighted by Crippen LogP contribution is -2.01. The third-order valence-corrected chi connectivity index (χ3v) is 3.43. The Morgan fingerprint density at radius 1 is 1.19 bits per heavy atom. The summed E-state index contributed by atoms with van der Waals surface area (Å²) in [7, 11) is 1.30. The van der Waals surface area contributed by atoms with Crippen LogP contribution in [-0.4, -0.2) is 40.8 Å². The van der Waals surface area contributed by atoms with Gasteiger partial charge >= 0.3 is 5.97 Å². The number of carbonyl (C=O) groups is 1. The van der Waals surface area contributed by atoms with Gasteiger partial charge in [-0.3, -0.25) is 0 Å². The average molecular weight is 370 g/mol. The van der Waals surface area contributed by atoms with Crippen molar-refractivity contribution in [2.75, 3.05) is 13.7 Å². The van der Waals surface area contributed by atoms with Crippen LogP contribution in [0.2, 0.25) is 0 Å². The molecule has 0 radical (unpaired) electrons. The van der Waals surface area contributed by atoms with Gasteiger partial charge in [0, 0.05) is 0 Å². The van der Waals surface area contributed by atoms with Crippen LogP contribution in [0, 0.1) is 0 Å². The number of carbonyl (C=O) groups excluding carboxylic acids is 1. The zero-order valence-corrected chi connectivity index (χ0v) is 14.9. The fourth-order valence-corrected chi connectivity index (χ4v) is 2.20. The van der Waals surface area contributed by atoms with E-state index >= 15 is 0 Å². The Morgan fingerprint density at radius 2 is 2.00 bits per heavy atom. The van der Waals surface area contributed by atoms with E-state index in [0.29, 0.717) is 23.9 Å². The predicted molar refractivity (Wildman–Crippen MR) is 95.0 cm³/mol. The first-order chi connectivity index (χ1) is 13.2. The van der Waals surface area contributed by atoms with Crippen molar-refractivity contribution >= 4 is 12.2 Å². The van der Waals surface area contributed by atoms with Crippen LogP contribution in [-0.2, 0) is 11.3 Å². The fraction of sp³-hybridized carbons (Fsp3) is 0.222. The van der Waals surface area contributed by atoms with Crippen molar-refractivity contribution in [3.05, 3.63) is 60.1 Å². The van der Waals surface area contributed by atoms with Gasteiger partial charge in [0.15, 0.2) is 11.5 Å². The molecule has 2 aromatic heterocycles. The van der Waals surface area contributed by atoms with Crippen LogP contribution in [0.15, 0.2) is 52.5 Å². The van der Waals surface area contributed by atoms with Gasteiger partial charge in [-0.2, -0.15) is 5.10 Å². The Morgan fingerprint density at radius 3 is 2.74 bits per heavy atom. The molecule has 3 rings (SSSR count). The summed E-state index contributed by atoms with van der Waals surface area (Å²) in [5, 5.41) is 11.6. The minimum absolute atomic E-state index is 0.127. The van der Waals surface area contributed by atoms with Crippen molar-refractivity contribution in [3.63, 3.8) is 0 Å². The molecule has 0 saturated carbocycles. The maximum atomic E-state index is 11.4. The van der Waals surface area contributed by atoms with Gasteiger partial charge in [-0.05, 0) is 42.8 Å². The lowest BCUT2D eigenvalue weighted by atomic mass is 10.2. The van der Waals surface area contributed by atoms with Gasteiger partial charge in [-0.15, -0.1) is 10.2 Å². The molecule has 0 aliphatic carbocycles. The van der Waals surface area contributed by atoms with Crippen molar-refractivity contribution in [3.8, 4) is 11.5 Å². The van der Waals surface area contributed by atoms with Crippen molar-refractivity contribution in [1.82, 2.24) is 14.9 Å². The lowest BCUT2D eigenvalue weighted by Gasteiger charge is -2.11. The molecule has 0 spiro atoms. The van der Waals surface area contributed by atoms with Gasteiger partial charge in [-0.25, -0.2) is 9.47 Å². The van der Waals surface area contributed by atoms with Crippen LogP contribution in [0.3, 0.4) is 0 Å². The summed E-state index contributed by atoms with van der Waals surface area (Å²) < 4.78 is 22.9. The standard InChI is InChI=1S/C18H18N4O5/c1-3-25-17-8-13(9-21-22-11-19-20-12-22)4-6-15(17)26-10-14-5-7-16(27-14)18(23)24-2/h4-9,11-12H,3,10H2,1-2H3/b21-9-. The number of methoxy groups -OCH3 is 1. The third-order valence-electron chi connectivity index (χ3n) is 3.43. The molecule has 0 amide bonds. The highest BCUT2D eigenvalue weighted by atomic mass is 16.5. The maximum absolute atomic E-state index is 11.4. The second kappa shape index (κ2) is 8.65. The topological polar surface area (TPSA) is 101 Å². The number of hydrogen-bond donors (Lipinski definition) is 0. The third kappa shape index (κ3) is 4.72. The van der Waals surface area contributed by atoms with E-state index in [1.165, 1.54) is 24.4 Å². The quantitative estimate of drug-likeness (QED) is 0.443. The van der Waals surface area contributed by atoms with Gasteiger partial charge in [-0.1, -0.05) is 0 Å². The van der Waals surface area contributed by atoms with E-state index in [0.717, 1.165) is 5.56 Å². The number of benzene rings is 1. The van der Waals surface area contributed by atoms with Crippen molar-refractivity contribution in [2.24, 2.45) is 5.10 Å². The van der Waals surface area contributed by atoms with E-state index in [1.807, 2.05) is 19.1 Å². The number of aromatic nitrogens is 3. The van der Waals surface area contributed by atoms with E-state index in [4.69, 9.17) is 13.9 Å². The zero-order chi connectivity index (χ0) is 19.1. The number of ether oxygens (including phenoxy) is 3. The highest BCUT2D eigenvalue weighted by Crippen LogP contribution is 2.29. The minimum Gasteiger partial charge on any atom is -0.490 e. The molecule has 9 heteroatoms. The molecule has 0 unspecified atom stereocenters. The zero-order valence-electron chi connectivity index (χ0n) is 14.9. The molecule has 0 atom stereocenters. The number of furan rings is 1. The van der Waals surface area contributed by atoms with Crippen LogP contribution in [0.5, 0.6) is 11.5 Å². The summed E-state index contributed by atoms with van der Waals surface area (Å²) in [5.41, 5.74) is 0.825. The van der Waals surface area contributed by atoms with Crippen LogP contribution >= 0.6 is 0 Å². The van der Waals surface area contributed by atoms with Crippen molar-refractivity contribution in [1.29, 1.82) is 0 Å². The fourth-order valence-electron chi connectivity index (χ4n) is 2.20. The van der Waals surface area contributed by atoms with Crippen LogP contribution < -0.4 is 9.47 Å². The van der Waals surface area contributed by atoms with Crippen LogP contribution in [0.25, 0.3) is 0 Å². The summed E-state index contributed by atoms with van der Waals surface area (Å²) in [4.78, 5) is 11.4. The highest BCUT2D eigenvalue weighted by Gasteiger charge is 2.12. The number of rotatable bonds is 8. The van der Waals surface area contributed by atoms with Gasteiger partial charge in [0.1, 0.15) is 25.0 Å². The molecule has 0 N–H and O–H groups in total. The molecular formula is C18H18N4O5. The Balaban J connectivity index is 1.70. The van der Waals surface area contributed by atoms with E-state index in [-0.39, 0.29) is 12.4 Å². The molecular weight excluding hydrogens is 352 g/mol. The predicted octanol–water partition coefficient (Wildman–Crippen LogP) is 2.52. The monoisotopic (exact) mass is 370 g/mol. The molecule has 0 aliphatic heterocycles. The Labute approximate surface area is 155 Å². The summed E-state index contributed by atoms with van der Waals surface area (Å²) in [6.45, 7) is 2.51. The second-order valence-electron chi connectivity index (χ2n) is 5.27. The van der Waals surface area contributed by atoms with Gasteiger partial charge in [0.25, 0.3) is 0 Å². The molecule has 9 nitrogen and oxygen atoms in total. The summed E-state index contributed by atoms with van der Waals surface area (Å²) in [6.07, 6.45) is 4.64. The molecule has 0 saturated heterocycles. The average Bonchev–Trinajstić information content (AvgIpc) is 3.37. The number of esters is 1. The summed E-state index contributed by atoms with van der Waals surface area (Å²) in [6, 6.07) is 8.64. The summed E-state index contributed by atoms with van der Waals surface area (Å²) in [5.74, 6) is 1.21. The number of hydrogen-bond acceptors (Lipinski definition) is 8. The van der Waals surface area contributed by atoms with Gasteiger partial charge in [0.05, 0.1) is 19.9 Å². The molecule has 0 bridgehead atoms. The SMILES string of the molecule is CCOc1cc(/C=N\n2cnnc2)ccc1OCc1ccc(C(=O)OC)o1. The second-order valence-corrected chi connectivity index (χ2v) is 5.27.